The summed E-state index contributed by atoms with van der Waals surface area (Å²) in [6.07, 6.45) is 2.57. The van der Waals surface area contributed by atoms with Crippen LogP contribution in [0.5, 0.6) is 0 Å². The number of amides is 1. The van der Waals surface area contributed by atoms with Crippen LogP contribution in [0, 0.1) is 0 Å². The lowest BCUT2D eigenvalue weighted by molar-refractivity contribution is -0.114. The minimum absolute atomic E-state index is 0.117. The van der Waals surface area contributed by atoms with Crippen LogP contribution < -0.4 is 5.32 Å². The Hall–Kier alpha value is -2.43. The molecule has 0 aliphatic rings. The van der Waals surface area contributed by atoms with Gasteiger partial charge in [-0.25, -0.2) is 0 Å². The number of hydrogen-bond acceptors (Lipinski definition) is 3. The summed E-state index contributed by atoms with van der Waals surface area (Å²) in [7, 11) is 0. The Balaban J connectivity index is 2.39. The van der Waals surface area contributed by atoms with Gasteiger partial charge in [0.1, 0.15) is 5.69 Å². The van der Waals surface area contributed by atoms with Gasteiger partial charge in [-0.1, -0.05) is 12.1 Å². The molecule has 110 valence electrons. The minimum Gasteiger partial charge on any atom is -0.326 e. The fourth-order valence-electron chi connectivity index (χ4n) is 1.96. The molecule has 0 atom stereocenters. The third-order valence-corrected chi connectivity index (χ3v) is 3.04. The zero-order chi connectivity index (χ0) is 15.6. The van der Waals surface area contributed by atoms with Crippen molar-refractivity contribution in [2.24, 2.45) is 0 Å². The number of anilines is 1. The van der Waals surface area contributed by atoms with E-state index < -0.39 is 0 Å². The lowest BCUT2D eigenvalue weighted by atomic mass is 10.1. The largest absolute Gasteiger partial charge is 0.326 e. The second kappa shape index (κ2) is 5.52. The molecule has 0 fully saturated rings. The van der Waals surface area contributed by atoms with Crippen LogP contribution in [-0.4, -0.2) is 22.0 Å². The number of hydrogen-bond donors (Lipinski definition) is 1. The summed E-state index contributed by atoms with van der Waals surface area (Å²) < 4.78 is 1.79. The van der Waals surface area contributed by atoms with E-state index in [9.17, 15) is 9.59 Å². The standard InChI is InChI=1S/C16H19N3O2/c1-11(21)17-14-7-5-12(6-8-14)15-13(10-20)9-19(18-15)16(2,3)4/h5-10H,1-4H3,(H,17,21). The molecule has 0 radical (unpaired) electrons. The normalized spacial score (nSPS) is 11.2. The van der Waals surface area contributed by atoms with E-state index in [-0.39, 0.29) is 11.4 Å². The molecule has 0 aliphatic carbocycles. The third-order valence-electron chi connectivity index (χ3n) is 3.04. The molecule has 5 nitrogen and oxygen atoms in total. The average Bonchev–Trinajstić information content (AvgIpc) is 2.83. The second-order valence-corrected chi connectivity index (χ2v) is 5.92. The number of aldehydes is 1. The molecule has 1 heterocycles. The van der Waals surface area contributed by atoms with Crippen LogP contribution in [0.4, 0.5) is 5.69 Å². The van der Waals surface area contributed by atoms with Crippen molar-refractivity contribution < 1.29 is 9.59 Å². The molecule has 1 N–H and O–H groups in total. The molecule has 0 saturated carbocycles. The fourth-order valence-corrected chi connectivity index (χ4v) is 1.96. The van der Waals surface area contributed by atoms with Gasteiger partial charge in [-0.05, 0) is 32.9 Å². The Morgan fingerprint density at radius 3 is 2.33 bits per heavy atom. The number of benzene rings is 1. The van der Waals surface area contributed by atoms with Crippen molar-refractivity contribution in [2.75, 3.05) is 5.32 Å². The Kier molecular flexibility index (Phi) is 3.93. The first-order chi connectivity index (χ1) is 9.81. The van der Waals surface area contributed by atoms with Gasteiger partial charge in [0.15, 0.2) is 6.29 Å². The van der Waals surface area contributed by atoms with Gasteiger partial charge in [0.2, 0.25) is 5.91 Å². The zero-order valence-electron chi connectivity index (χ0n) is 12.7. The van der Waals surface area contributed by atoms with Crippen LogP contribution in [-0.2, 0) is 10.3 Å². The van der Waals surface area contributed by atoms with E-state index >= 15 is 0 Å². The highest BCUT2D eigenvalue weighted by molar-refractivity contribution is 5.89. The van der Waals surface area contributed by atoms with Gasteiger partial charge in [0, 0.05) is 24.4 Å². The van der Waals surface area contributed by atoms with E-state index in [1.165, 1.54) is 6.92 Å². The number of rotatable bonds is 3. The van der Waals surface area contributed by atoms with E-state index in [2.05, 4.69) is 10.4 Å². The maximum atomic E-state index is 11.2. The minimum atomic E-state index is -0.188. The zero-order valence-corrected chi connectivity index (χ0v) is 12.7. The van der Waals surface area contributed by atoms with Crippen molar-refractivity contribution in [1.82, 2.24) is 9.78 Å². The SMILES string of the molecule is CC(=O)Nc1ccc(-c2nn(C(C)(C)C)cc2C=O)cc1. The van der Waals surface area contributed by atoms with Crippen LogP contribution in [0.25, 0.3) is 11.3 Å². The molecule has 0 saturated heterocycles. The molecule has 0 bridgehead atoms. The summed E-state index contributed by atoms with van der Waals surface area (Å²) in [6, 6.07) is 7.27. The number of nitrogens with one attached hydrogen (secondary N) is 1. The molecule has 2 rings (SSSR count). The van der Waals surface area contributed by atoms with Crippen LogP contribution in [0.2, 0.25) is 0 Å². The van der Waals surface area contributed by atoms with Gasteiger partial charge in [0.05, 0.1) is 11.1 Å². The molecule has 0 spiro atoms. The molecule has 21 heavy (non-hydrogen) atoms. The first kappa shape index (κ1) is 15.0. The number of nitrogens with zero attached hydrogens (tertiary/aromatic N) is 2. The van der Waals surface area contributed by atoms with Gasteiger partial charge in [-0.15, -0.1) is 0 Å². The fraction of sp³-hybridized carbons (Fsp3) is 0.312. The van der Waals surface area contributed by atoms with Crippen LogP contribution >= 0.6 is 0 Å². The molecule has 0 unspecified atom stereocenters. The average molecular weight is 285 g/mol. The van der Waals surface area contributed by atoms with Crippen molar-refractivity contribution in [2.45, 2.75) is 33.2 Å². The number of carbonyl (C=O) groups is 2. The van der Waals surface area contributed by atoms with Crippen LogP contribution in [0.3, 0.4) is 0 Å². The molecule has 2 aromatic rings. The topological polar surface area (TPSA) is 64.0 Å². The smallest absolute Gasteiger partial charge is 0.221 e. The van der Waals surface area contributed by atoms with Crippen molar-refractivity contribution >= 4 is 17.9 Å². The van der Waals surface area contributed by atoms with Gasteiger partial charge < -0.3 is 5.32 Å². The summed E-state index contributed by atoms with van der Waals surface area (Å²) in [5.74, 6) is -0.117. The Morgan fingerprint density at radius 1 is 1.24 bits per heavy atom. The summed E-state index contributed by atoms with van der Waals surface area (Å²) in [5.41, 5.74) is 2.57. The van der Waals surface area contributed by atoms with Crippen molar-refractivity contribution in [3.05, 3.63) is 36.0 Å². The maximum Gasteiger partial charge on any atom is 0.221 e. The first-order valence-corrected chi connectivity index (χ1v) is 6.74. The van der Waals surface area contributed by atoms with E-state index in [0.29, 0.717) is 16.9 Å². The third kappa shape index (κ3) is 3.37. The van der Waals surface area contributed by atoms with Crippen molar-refractivity contribution in [3.63, 3.8) is 0 Å². The number of aromatic nitrogens is 2. The number of carbonyl (C=O) groups excluding carboxylic acids is 2. The lowest BCUT2D eigenvalue weighted by Crippen LogP contribution is -2.22. The second-order valence-electron chi connectivity index (χ2n) is 5.92. The molecule has 1 amide bonds. The van der Waals surface area contributed by atoms with Gasteiger partial charge in [-0.3, -0.25) is 14.3 Å². The van der Waals surface area contributed by atoms with Gasteiger partial charge in [0.25, 0.3) is 0 Å². The monoisotopic (exact) mass is 285 g/mol. The van der Waals surface area contributed by atoms with E-state index in [0.717, 1.165) is 11.8 Å². The molecule has 1 aromatic carbocycles. The first-order valence-electron chi connectivity index (χ1n) is 6.74. The molecule has 1 aromatic heterocycles. The van der Waals surface area contributed by atoms with Crippen molar-refractivity contribution in [3.8, 4) is 11.3 Å². The highest BCUT2D eigenvalue weighted by Crippen LogP contribution is 2.25. The van der Waals surface area contributed by atoms with Crippen molar-refractivity contribution in [1.29, 1.82) is 0 Å². The lowest BCUT2D eigenvalue weighted by Gasteiger charge is -2.18. The van der Waals surface area contributed by atoms with Crippen LogP contribution in [0.15, 0.2) is 30.5 Å². The molecular formula is C16H19N3O2. The molecule has 0 aliphatic heterocycles. The Labute approximate surface area is 124 Å². The molecular weight excluding hydrogens is 266 g/mol. The summed E-state index contributed by atoms with van der Waals surface area (Å²) in [6.45, 7) is 7.54. The predicted molar refractivity (Wildman–Crippen MR) is 82.4 cm³/mol. The summed E-state index contributed by atoms with van der Waals surface area (Å²) in [5, 5.41) is 7.22. The quantitative estimate of drug-likeness (QED) is 0.881. The van der Waals surface area contributed by atoms with Gasteiger partial charge >= 0.3 is 0 Å². The van der Waals surface area contributed by atoms with E-state index in [1.807, 2.05) is 32.9 Å². The van der Waals surface area contributed by atoms with E-state index in [4.69, 9.17) is 0 Å². The summed E-state index contributed by atoms with van der Waals surface area (Å²) >= 11 is 0. The summed E-state index contributed by atoms with van der Waals surface area (Å²) in [4.78, 5) is 22.3. The Bertz CT molecular complexity index is 664. The van der Waals surface area contributed by atoms with E-state index in [1.54, 1.807) is 23.0 Å². The Morgan fingerprint density at radius 2 is 1.86 bits per heavy atom. The molecule has 5 heteroatoms. The van der Waals surface area contributed by atoms with Gasteiger partial charge in [-0.2, -0.15) is 5.10 Å². The maximum absolute atomic E-state index is 11.2. The highest BCUT2D eigenvalue weighted by Gasteiger charge is 2.18. The van der Waals surface area contributed by atoms with Crippen LogP contribution in [0.1, 0.15) is 38.1 Å². The predicted octanol–water partition coefficient (Wildman–Crippen LogP) is 3.08. The highest BCUT2D eigenvalue weighted by atomic mass is 16.1.